The molecule has 4 heteroatoms. The standard InChI is InChI=1S/C12H18O4/c1-14-7-4-8-16-11-6-3-5-10(9-11)12(13)15-2/h3,5-6,9,12-13H,4,7-8H2,1-2H3. The molecule has 1 rings (SSSR count). The Hall–Kier alpha value is -1.10. The third-order valence-electron chi connectivity index (χ3n) is 2.13. The van der Waals surface area contributed by atoms with Crippen LogP contribution in [0.2, 0.25) is 0 Å². The second-order valence-corrected chi connectivity index (χ2v) is 3.36. The zero-order valence-corrected chi connectivity index (χ0v) is 9.68. The summed E-state index contributed by atoms with van der Waals surface area (Å²) in [5.74, 6) is 0.727. The zero-order chi connectivity index (χ0) is 11.8. The number of hydrogen-bond donors (Lipinski definition) is 1. The average molecular weight is 226 g/mol. The number of benzene rings is 1. The van der Waals surface area contributed by atoms with Crippen molar-refractivity contribution in [1.82, 2.24) is 0 Å². The van der Waals surface area contributed by atoms with E-state index in [1.165, 1.54) is 7.11 Å². The Morgan fingerprint density at radius 1 is 1.25 bits per heavy atom. The molecule has 90 valence electrons. The van der Waals surface area contributed by atoms with Crippen LogP contribution in [0.25, 0.3) is 0 Å². The third kappa shape index (κ3) is 4.18. The summed E-state index contributed by atoms with van der Waals surface area (Å²) in [5.41, 5.74) is 0.687. The van der Waals surface area contributed by atoms with Crippen LogP contribution in [0.3, 0.4) is 0 Å². The van der Waals surface area contributed by atoms with Gasteiger partial charge in [0.15, 0.2) is 6.29 Å². The number of methoxy groups -OCH3 is 2. The first-order valence-corrected chi connectivity index (χ1v) is 5.20. The van der Waals surface area contributed by atoms with Crippen molar-refractivity contribution < 1.29 is 19.3 Å². The van der Waals surface area contributed by atoms with Crippen LogP contribution in [0.5, 0.6) is 5.75 Å². The summed E-state index contributed by atoms with van der Waals surface area (Å²) in [6, 6.07) is 7.22. The molecule has 1 aromatic rings. The predicted molar refractivity (Wildman–Crippen MR) is 60.4 cm³/mol. The molecule has 0 aliphatic carbocycles. The van der Waals surface area contributed by atoms with Crippen LogP contribution in [0, 0.1) is 0 Å². The molecule has 0 heterocycles. The van der Waals surface area contributed by atoms with E-state index in [0.717, 1.165) is 12.2 Å². The quantitative estimate of drug-likeness (QED) is 0.568. The van der Waals surface area contributed by atoms with Crippen LogP contribution in [-0.4, -0.2) is 32.5 Å². The Morgan fingerprint density at radius 3 is 2.75 bits per heavy atom. The summed E-state index contributed by atoms with van der Waals surface area (Å²) >= 11 is 0. The zero-order valence-electron chi connectivity index (χ0n) is 9.68. The number of rotatable bonds is 7. The van der Waals surface area contributed by atoms with Crippen molar-refractivity contribution in [1.29, 1.82) is 0 Å². The highest BCUT2D eigenvalue weighted by Gasteiger charge is 2.06. The highest BCUT2D eigenvalue weighted by Crippen LogP contribution is 2.19. The van der Waals surface area contributed by atoms with E-state index in [4.69, 9.17) is 14.2 Å². The van der Waals surface area contributed by atoms with Gasteiger partial charge in [0, 0.05) is 32.8 Å². The van der Waals surface area contributed by atoms with E-state index in [1.807, 2.05) is 12.1 Å². The molecule has 0 spiro atoms. The first-order valence-electron chi connectivity index (χ1n) is 5.20. The summed E-state index contributed by atoms with van der Waals surface area (Å²) in [7, 11) is 3.12. The van der Waals surface area contributed by atoms with Crippen molar-refractivity contribution in [3.8, 4) is 5.75 Å². The Balaban J connectivity index is 2.47. The topological polar surface area (TPSA) is 47.9 Å². The van der Waals surface area contributed by atoms with Crippen molar-refractivity contribution in [2.75, 3.05) is 27.4 Å². The monoisotopic (exact) mass is 226 g/mol. The van der Waals surface area contributed by atoms with Gasteiger partial charge in [-0.3, -0.25) is 0 Å². The fraction of sp³-hybridized carbons (Fsp3) is 0.500. The first-order chi connectivity index (χ1) is 7.77. The fourth-order valence-corrected chi connectivity index (χ4v) is 1.29. The molecule has 4 nitrogen and oxygen atoms in total. The fourth-order valence-electron chi connectivity index (χ4n) is 1.29. The Labute approximate surface area is 95.8 Å². The molecular formula is C12H18O4. The highest BCUT2D eigenvalue weighted by molar-refractivity contribution is 5.29. The van der Waals surface area contributed by atoms with Gasteiger partial charge in [-0.2, -0.15) is 0 Å². The van der Waals surface area contributed by atoms with E-state index in [-0.39, 0.29) is 0 Å². The predicted octanol–water partition coefficient (Wildman–Crippen LogP) is 1.74. The molecule has 0 aliphatic heterocycles. The summed E-state index contributed by atoms with van der Waals surface area (Å²) in [4.78, 5) is 0. The van der Waals surface area contributed by atoms with Crippen LogP contribution in [-0.2, 0) is 9.47 Å². The van der Waals surface area contributed by atoms with Crippen LogP contribution in [0.4, 0.5) is 0 Å². The maximum absolute atomic E-state index is 9.47. The molecule has 0 bridgehead atoms. The van der Waals surface area contributed by atoms with Crippen molar-refractivity contribution in [3.05, 3.63) is 29.8 Å². The van der Waals surface area contributed by atoms with Gasteiger partial charge < -0.3 is 19.3 Å². The van der Waals surface area contributed by atoms with Gasteiger partial charge in [0.1, 0.15) is 5.75 Å². The van der Waals surface area contributed by atoms with Crippen molar-refractivity contribution in [3.63, 3.8) is 0 Å². The maximum Gasteiger partial charge on any atom is 0.180 e. The lowest BCUT2D eigenvalue weighted by Crippen LogP contribution is -2.03. The number of aliphatic hydroxyl groups is 1. The molecule has 16 heavy (non-hydrogen) atoms. The summed E-state index contributed by atoms with van der Waals surface area (Å²) in [5, 5.41) is 9.47. The van der Waals surface area contributed by atoms with E-state index in [1.54, 1.807) is 19.2 Å². The largest absolute Gasteiger partial charge is 0.493 e. The molecule has 0 fully saturated rings. The Bertz CT molecular complexity index is 301. The SMILES string of the molecule is COCCCOc1cccc(C(O)OC)c1. The lowest BCUT2D eigenvalue weighted by molar-refractivity contribution is -0.0770. The molecule has 0 aliphatic rings. The van der Waals surface area contributed by atoms with Crippen LogP contribution >= 0.6 is 0 Å². The molecule has 0 saturated carbocycles. The summed E-state index contributed by atoms with van der Waals surface area (Å²) in [6.45, 7) is 1.28. The van der Waals surface area contributed by atoms with E-state index in [9.17, 15) is 5.11 Å². The summed E-state index contributed by atoms with van der Waals surface area (Å²) in [6.07, 6.45) is -0.0596. The minimum absolute atomic E-state index is 0.598. The third-order valence-corrected chi connectivity index (χ3v) is 2.13. The van der Waals surface area contributed by atoms with Crippen molar-refractivity contribution in [2.45, 2.75) is 12.7 Å². The van der Waals surface area contributed by atoms with Crippen molar-refractivity contribution in [2.24, 2.45) is 0 Å². The molecule has 1 N–H and O–H groups in total. The van der Waals surface area contributed by atoms with Gasteiger partial charge in [-0.05, 0) is 12.1 Å². The second kappa shape index (κ2) is 7.22. The molecule has 0 amide bonds. The smallest absolute Gasteiger partial charge is 0.180 e. The van der Waals surface area contributed by atoms with E-state index in [2.05, 4.69) is 0 Å². The minimum Gasteiger partial charge on any atom is -0.493 e. The summed E-state index contributed by atoms with van der Waals surface area (Å²) < 4.78 is 15.2. The first kappa shape index (κ1) is 13.0. The molecule has 1 atom stereocenters. The van der Waals surface area contributed by atoms with E-state index >= 15 is 0 Å². The van der Waals surface area contributed by atoms with Crippen LogP contribution in [0.15, 0.2) is 24.3 Å². The Morgan fingerprint density at radius 2 is 2.06 bits per heavy atom. The number of aliphatic hydroxyl groups excluding tert-OH is 1. The van der Waals surface area contributed by atoms with E-state index in [0.29, 0.717) is 18.8 Å². The van der Waals surface area contributed by atoms with E-state index < -0.39 is 6.29 Å². The lowest BCUT2D eigenvalue weighted by Gasteiger charge is -2.11. The van der Waals surface area contributed by atoms with Gasteiger partial charge in [0.25, 0.3) is 0 Å². The molecule has 1 aromatic carbocycles. The van der Waals surface area contributed by atoms with Gasteiger partial charge in [-0.15, -0.1) is 0 Å². The highest BCUT2D eigenvalue weighted by atomic mass is 16.6. The van der Waals surface area contributed by atoms with Gasteiger partial charge in [-0.25, -0.2) is 0 Å². The Kier molecular flexibility index (Phi) is 5.85. The minimum atomic E-state index is -0.900. The molecule has 1 unspecified atom stereocenters. The second-order valence-electron chi connectivity index (χ2n) is 3.36. The number of hydrogen-bond acceptors (Lipinski definition) is 4. The van der Waals surface area contributed by atoms with Crippen LogP contribution in [0.1, 0.15) is 18.3 Å². The maximum atomic E-state index is 9.47. The van der Waals surface area contributed by atoms with Gasteiger partial charge in [0.05, 0.1) is 6.61 Å². The molecule has 0 radical (unpaired) electrons. The van der Waals surface area contributed by atoms with Crippen molar-refractivity contribution >= 4 is 0 Å². The van der Waals surface area contributed by atoms with Gasteiger partial charge in [0.2, 0.25) is 0 Å². The molecule has 0 saturated heterocycles. The lowest BCUT2D eigenvalue weighted by atomic mass is 10.2. The molecule has 0 aromatic heterocycles. The van der Waals surface area contributed by atoms with Gasteiger partial charge >= 0.3 is 0 Å². The normalized spacial score (nSPS) is 12.4. The van der Waals surface area contributed by atoms with Gasteiger partial charge in [-0.1, -0.05) is 12.1 Å². The average Bonchev–Trinajstić information content (AvgIpc) is 2.34. The molecular weight excluding hydrogens is 208 g/mol. The van der Waals surface area contributed by atoms with Crippen LogP contribution < -0.4 is 4.74 Å². The number of ether oxygens (including phenoxy) is 3.